The Kier molecular flexibility index (Phi) is 8.31. The molecule has 10 nitrogen and oxygen atoms in total. The lowest BCUT2D eigenvalue weighted by atomic mass is 9.63. The number of aliphatic carboxylic acids is 2. The molecule has 2 atom stereocenters. The molecule has 266 valence electrons. The average Bonchev–Trinajstić information content (AvgIpc) is 3.11. The molecule has 16 heteroatoms. The Bertz CT molecular complexity index is 2120. The summed E-state index contributed by atoms with van der Waals surface area (Å²) >= 11 is 0. The van der Waals surface area contributed by atoms with Crippen LogP contribution in [0.2, 0.25) is 0 Å². The number of carbonyl (C=O) groups is 2. The Morgan fingerprint density at radius 1 is 0.596 bits per heavy atom. The molecule has 4 aromatic rings. The number of benzene rings is 4. The maximum absolute atomic E-state index is 14.9. The molecule has 0 radical (unpaired) electrons. The fourth-order valence-corrected chi connectivity index (χ4v) is 7.30. The summed E-state index contributed by atoms with van der Waals surface area (Å²) in [4.78, 5) is 26.2. The van der Waals surface area contributed by atoms with Crippen molar-refractivity contribution in [3.63, 3.8) is 0 Å². The maximum atomic E-state index is 14.9. The monoisotopic (exact) mass is 720 g/mol. The largest absolute Gasteiger partial charge is 0.480 e. The van der Waals surface area contributed by atoms with Crippen LogP contribution in [0.15, 0.2) is 95.1 Å². The molecular formula is C36H26F6N6O4. The molecule has 2 aliphatic rings. The van der Waals surface area contributed by atoms with E-state index in [4.69, 9.17) is 22.5 Å². The summed E-state index contributed by atoms with van der Waals surface area (Å²) in [6, 6.07) is 15.8. The first-order valence-corrected chi connectivity index (χ1v) is 15.2. The predicted octanol–water partition coefficient (Wildman–Crippen LogP) is 6.31. The van der Waals surface area contributed by atoms with E-state index in [1.165, 1.54) is 48.5 Å². The van der Waals surface area contributed by atoms with Gasteiger partial charge in [-0.2, -0.15) is 36.5 Å². The van der Waals surface area contributed by atoms with Crippen molar-refractivity contribution in [1.82, 2.24) is 0 Å². The first-order chi connectivity index (χ1) is 24.4. The van der Waals surface area contributed by atoms with Gasteiger partial charge in [0.15, 0.2) is 0 Å². The van der Waals surface area contributed by atoms with Crippen molar-refractivity contribution in [3.05, 3.63) is 129 Å². The molecule has 2 unspecified atom stereocenters. The number of alkyl halides is 6. The minimum atomic E-state index is -5.23. The Morgan fingerprint density at radius 3 is 1.25 bits per heavy atom. The number of nitrogens with zero attached hydrogens (tertiary/aromatic N) is 2. The van der Waals surface area contributed by atoms with E-state index in [2.05, 4.69) is 10.2 Å². The smallest absolute Gasteiger partial charge is 0.416 e. The van der Waals surface area contributed by atoms with Crippen molar-refractivity contribution in [2.45, 2.75) is 36.0 Å². The third-order valence-corrected chi connectivity index (χ3v) is 9.70. The molecule has 0 fully saturated rings. The molecule has 8 N–H and O–H groups in total. The second-order valence-corrected chi connectivity index (χ2v) is 12.3. The lowest BCUT2D eigenvalue weighted by Crippen LogP contribution is -2.47. The zero-order valence-corrected chi connectivity index (χ0v) is 26.5. The highest BCUT2D eigenvalue weighted by atomic mass is 19.4. The first kappa shape index (κ1) is 35.5. The van der Waals surface area contributed by atoms with E-state index in [1.54, 1.807) is 0 Å². The van der Waals surface area contributed by atoms with Gasteiger partial charge in [-0.05, 0) is 45.5 Å². The highest BCUT2D eigenvalue weighted by Gasteiger charge is 2.54. The number of nitrogens with one attached hydrogen (secondary N) is 2. The van der Waals surface area contributed by atoms with E-state index < -0.39 is 81.3 Å². The number of carboxylic acid groups (broad SMARTS) is 2. The molecule has 4 aromatic carbocycles. The van der Waals surface area contributed by atoms with Crippen LogP contribution in [0, 0.1) is 10.8 Å². The lowest BCUT2D eigenvalue weighted by molar-refractivity contribution is -0.146. The molecule has 2 aliphatic carbocycles. The molecule has 52 heavy (non-hydrogen) atoms. The van der Waals surface area contributed by atoms with E-state index in [0.717, 1.165) is 24.3 Å². The van der Waals surface area contributed by atoms with Gasteiger partial charge in [-0.25, -0.2) is 0 Å². The minimum absolute atomic E-state index is 0.0161. The molecule has 0 saturated carbocycles. The summed E-state index contributed by atoms with van der Waals surface area (Å²) in [6.45, 7) is 0. The van der Waals surface area contributed by atoms with Gasteiger partial charge >= 0.3 is 24.3 Å². The van der Waals surface area contributed by atoms with Crippen LogP contribution in [0.4, 0.5) is 26.3 Å². The first-order valence-electron chi connectivity index (χ1n) is 15.2. The fraction of sp³-hybridized carbons (Fsp3) is 0.167. The molecule has 0 heterocycles. The molecule has 0 bridgehead atoms. The highest BCUT2D eigenvalue weighted by Crippen LogP contribution is 2.50. The molecule has 0 amide bonds. The number of halogens is 6. The number of nitrogens with two attached hydrogens (primary N) is 2. The Balaban J connectivity index is 1.61. The van der Waals surface area contributed by atoms with Crippen LogP contribution in [-0.2, 0) is 32.8 Å². The third-order valence-electron chi connectivity index (χ3n) is 9.70. The van der Waals surface area contributed by atoms with E-state index in [9.17, 15) is 46.1 Å². The van der Waals surface area contributed by atoms with Crippen molar-refractivity contribution in [2.24, 2.45) is 21.9 Å². The topological polar surface area (TPSA) is 199 Å². The zero-order valence-electron chi connectivity index (χ0n) is 26.5. The Morgan fingerprint density at radius 2 is 0.942 bits per heavy atom. The van der Waals surface area contributed by atoms with Crippen LogP contribution < -0.4 is 11.7 Å². The van der Waals surface area contributed by atoms with Crippen LogP contribution in [0.5, 0.6) is 0 Å². The summed E-state index contributed by atoms with van der Waals surface area (Å²) in [5.41, 5.74) is -11.6. The van der Waals surface area contributed by atoms with Gasteiger partial charge in [-0.3, -0.25) is 20.4 Å². The van der Waals surface area contributed by atoms with Gasteiger partial charge in [0, 0.05) is 24.0 Å². The van der Waals surface area contributed by atoms with Crippen molar-refractivity contribution >= 4 is 34.8 Å². The second-order valence-electron chi connectivity index (χ2n) is 12.3. The number of carboxylic acids is 2. The molecule has 0 spiro atoms. The van der Waals surface area contributed by atoms with E-state index in [0.29, 0.717) is 12.1 Å². The zero-order chi connectivity index (χ0) is 38.0. The van der Waals surface area contributed by atoms with Gasteiger partial charge in [-0.15, -0.1) is 0 Å². The number of hydrogen-bond acceptors (Lipinski definition) is 8. The van der Waals surface area contributed by atoms with Crippen molar-refractivity contribution in [3.8, 4) is 11.1 Å². The van der Waals surface area contributed by atoms with Gasteiger partial charge in [0.25, 0.3) is 0 Å². The van der Waals surface area contributed by atoms with Gasteiger partial charge in [0.1, 0.15) is 10.8 Å². The second kappa shape index (κ2) is 12.2. The normalized spacial score (nSPS) is 21.9. The van der Waals surface area contributed by atoms with Gasteiger partial charge < -0.3 is 21.9 Å². The highest BCUT2D eigenvalue weighted by molar-refractivity contribution is 6.50. The SMILES string of the molecule is N=C1/C(=N\N)CC(C(=O)O)(c2ccc(-c3ccc(C4(C(=O)O)C/C(=N/N)C(=N)c5ccccc54)c(C(F)(F)F)c3)cc2C(F)(F)F)c2ccccc21. The van der Waals surface area contributed by atoms with Gasteiger partial charge in [0.05, 0.1) is 34.0 Å². The lowest BCUT2D eigenvalue weighted by Gasteiger charge is -2.38. The van der Waals surface area contributed by atoms with Gasteiger partial charge in [-0.1, -0.05) is 72.8 Å². The van der Waals surface area contributed by atoms with E-state index in [-0.39, 0.29) is 45.1 Å². The standard InChI is InChI=1S/C36H26F6N6O4/c37-35(38,39)25-13-17(9-11-23(25)33(31(49)50)15-27(47-45)29(43)19-5-1-3-7-21(19)33)18-10-12-24(26(14-18)36(40,41)42)34(32(51)52)16-28(48-46)30(44)20-6-2-4-8-22(20)34/h1-14,43-44H,15-16,45-46H2,(H,49,50)(H,51,52)/b43-29?,44-30?,47-27-,48-28-. The quantitative estimate of drug-likeness (QED) is 0.0793. The molecule has 0 saturated heterocycles. The number of hydrogen-bond donors (Lipinski definition) is 6. The van der Waals surface area contributed by atoms with Crippen molar-refractivity contribution in [2.75, 3.05) is 0 Å². The minimum Gasteiger partial charge on any atom is -0.480 e. The summed E-state index contributed by atoms with van der Waals surface area (Å²) in [5, 5.41) is 45.0. The molecule has 0 aromatic heterocycles. The van der Waals surface area contributed by atoms with Crippen molar-refractivity contribution in [1.29, 1.82) is 10.8 Å². The maximum Gasteiger partial charge on any atom is 0.416 e. The number of rotatable bonds is 5. The van der Waals surface area contributed by atoms with E-state index in [1.807, 2.05) is 0 Å². The van der Waals surface area contributed by atoms with E-state index >= 15 is 0 Å². The third kappa shape index (κ3) is 5.20. The van der Waals surface area contributed by atoms with Crippen LogP contribution >= 0.6 is 0 Å². The van der Waals surface area contributed by atoms with Crippen molar-refractivity contribution < 1.29 is 46.1 Å². The number of fused-ring (bicyclic) bond motifs is 2. The Labute approximate surface area is 290 Å². The van der Waals surface area contributed by atoms with Crippen LogP contribution in [0.3, 0.4) is 0 Å². The molecular weight excluding hydrogens is 694 g/mol. The summed E-state index contributed by atoms with van der Waals surface area (Å²) in [5.74, 6) is 7.47. The summed E-state index contributed by atoms with van der Waals surface area (Å²) in [7, 11) is 0. The number of hydrazone groups is 2. The average molecular weight is 721 g/mol. The summed E-state index contributed by atoms with van der Waals surface area (Å²) in [6.07, 6.45) is -11.9. The molecule has 0 aliphatic heterocycles. The summed E-state index contributed by atoms with van der Waals surface area (Å²) < 4.78 is 89.7. The van der Waals surface area contributed by atoms with Crippen LogP contribution in [0.25, 0.3) is 11.1 Å². The Hall–Kier alpha value is -6.32. The predicted molar refractivity (Wildman–Crippen MR) is 178 cm³/mol. The molecule has 6 rings (SSSR count). The fourth-order valence-electron chi connectivity index (χ4n) is 7.30. The van der Waals surface area contributed by atoms with Gasteiger partial charge in [0.2, 0.25) is 0 Å². The van der Waals surface area contributed by atoms with Crippen LogP contribution in [-0.4, -0.2) is 45.0 Å². The van der Waals surface area contributed by atoms with Crippen LogP contribution in [0.1, 0.15) is 57.3 Å².